The molecule has 2 N–H and O–H groups in total. The first kappa shape index (κ1) is 16.6. The lowest BCUT2D eigenvalue weighted by atomic mass is 10.2. The summed E-state index contributed by atoms with van der Waals surface area (Å²) in [5.74, 6) is 0. The molecule has 0 bridgehead atoms. The Kier molecular flexibility index (Phi) is 4.93. The maximum atomic E-state index is 12.5. The van der Waals surface area contributed by atoms with E-state index >= 15 is 0 Å². The van der Waals surface area contributed by atoms with E-state index in [9.17, 15) is 13.2 Å². The highest BCUT2D eigenvalue weighted by atomic mass is 35.5. The van der Waals surface area contributed by atoms with Gasteiger partial charge in [-0.2, -0.15) is 13.2 Å². The second-order valence-electron chi connectivity index (χ2n) is 4.61. The van der Waals surface area contributed by atoms with Crippen LogP contribution in [-0.2, 0) is 6.18 Å². The van der Waals surface area contributed by atoms with Crippen LogP contribution in [0.4, 0.5) is 24.5 Å². The Morgan fingerprint density at radius 3 is 2.23 bits per heavy atom. The van der Waals surface area contributed by atoms with Crippen LogP contribution in [0.15, 0.2) is 42.5 Å². The van der Waals surface area contributed by atoms with Crippen molar-refractivity contribution in [3.63, 3.8) is 0 Å². The van der Waals surface area contributed by atoms with Crippen LogP contribution < -0.4 is 10.6 Å². The van der Waals surface area contributed by atoms with Gasteiger partial charge in [-0.05, 0) is 67.2 Å². The Morgan fingerprint density at radius 2 is 1.68 bits per heavy atom. The number of halogens is 4. The summed E-state index contributed by atoms with van der Waals surface area (Å²) in [7, 11) is 0. The number of thiocarbonyl (C=S) groups is 1. The molecule has 0 amide bonds. The number of hydrogen-bond donors (Lipinski definition) is 2. The predicted molar refractivity (Wildman–Crippen MR) is 87.5 cm³/mol. The number of alkyl halides is 3. The Hall–Kier alpha value is -1.79. The summed E-state index contributed by atoms with van der Waals surface area (Å²) in [6, 6.07) is 9.93. The molecule has 0 unspecified atom stereocenters. The summed E-state index contributed by atoms with van der Waals surface area (Å²) in [5.41, 5.74) is 1.44. The zero-order valence-electron chi connectivity index (χ0n) is 11.5. The number of rotatable bonds is 2. The van der Waals surface area contributed by atoms with Crippen molar-refractivity contribution >= 4 is 40.3 Å². The van der Waals surface area contributed by atoms with Crippen molar-refractivity contribution in [3.05, 3.63) is 58.6 Å². The fraction of sp³-hybridized carbons (Fsp3) is 0.133. The summed E-state index contributed by atoms with van der Waals surface area (Å²) < 4.78 is 37.4. The van der Waals surface area contributed by atoms with Gasteiger partial charge in [-0.15, -0.1) is 0 Å². The first-order chi connectivity index (χ1) is 10.3. The molecule has 0 aliphatic heterocycles. The number of nitrogens with one attached hydrogen (secondary N) is 2. The lowest BCUT2D eigenvalue weighted by Gasteiger charge is -2.13. The van der Waals surface area contributed by atoms with E-state index in [1.807, 2.05) is 6.92 Å². The van der Waals surface area contributed by atoms with E-state index in [-0.39, 0.29) is 5.11 Å². The topological polar surface area (TPSA) is 24.1 Å². The van der Waals surface area contributed by atoms with Crippen LogP contribution in [0.1, 0.15) is 11.1 Å². The molecular formula is C15H12ClF3N2S. The van der Waals surface area contributed by atoms with E-state index in [1.54, 1.807) is 18.2 Å². The third-order valence-electron chi connectivity index (χ3n) is 2.91. The summed E-state index contributed by atoms with van der Waals surface area (Å²) in [4.78, 5) is 0. The van der Waals surface area contributed by atoms with Gasteiger partial charge in [0.2, 0.25) is 0 Å². The number of anilines is 2. The van der Waals surface area contributed by atoms with Crippen molar-refractivity contribution in [1.29, 1.82) is 0 Å². The third-order valence-corrected chi connectivity index (χ3v) is 3.35. The molecule has 7 heteroatoms. The van der Waals surface area contributed by atoms with Gasteiger partial charge in [0.25, 0.3) is 0 Å². The van der Waals surface area contributed by atoms with Crippen LogP contribution in [0, 0.1) is 6.92 Å². The molecule has 22 heavy (non-hydrogen) atoms. The van der Waals surface area contributed by atoms with Crippen LogP contribution >= 0.6 is 23.8 Å². The molecule has 0 heterocycles. The van der Waals surface area contributed by atoms with Crippen molar-refractivity contribution in [2.24, 2.45) is 0 Å². The molecule has 2 aromatic rings. The van der Waals surface area contributed by atoms with E-state index in [4.69, 9.17) is 23.8 Å². The highest BCUT2D eigenvalue weighted by Crippen LogP contribution is 2.29. The van der Waals surface area contributed by atoms with Gasteiger partial charge < -0.3 is 10.6 Å². The van der Waals surface area contributed by atoms with Crippen LogP contribution in [0.2, 0.25) is 5.02 Å². The molecule has 0 aliphatic carbocycles. The van der Waals surface area contributed by atoms with Crippen molar-refractivity contribution in [1.82, 2.24) is 0 Å². The SMILES string of the molecule is Cc1cc(Cl)ccc1NC(=S)Nc1ccc(C(F)(F)F)cc1. The lowest BCUT2D eigenvalue weighted by molar-refractivity contribution is -0.137. The van der Waals surface area contributed by atoms with E-state index in [2.05, 4.69) is 10.6 Å². The van der Waals surface area contributed by atoms with E-state index in [0.29, 0.717) is 10.7 Å². The number of aryl methyl sites for hydroxylation is 1. The normalized spacial score (nSPS) is 11.1. The molecule has 0 saturated carbocycles. The zero-order valence-corrected chi connectivity index (χ0v) is 13.0. The molecular weight excluding hydrogens is 333 g/mol. The minimum atomic E-state index is -4.35. The van der Waals surface area contributed by atoms with Gasteiger partial charge in [0, 0.05) is 16.4 Å². The van der Waals surface area contributed by atoms with Gasteiger partial charge in [0.15, 0.2) is 5.11 Å². The molecule has 0 radical (unpaired) electrons. The number of hydrogen-bond acceptors (Lipinski definition) is 1. The van der Waals surface area contributed by atoms with Crippen molar-refractivity contribution in [2.45, 2.75) is 13.1 Å². The maximum Gasteiger partial charge on any atom is 0.416 e. The van der Waals surface area contributed by atoms with Crippen LogP contribution in [0.5, 0.6) is 0 Å². The Bertz CT molecular complexity index is 684. The van der Waals surface area contributed by atoms with Gasteiger partial charge in [0.1, 0.15) is 0 Å². The molecule has 2 rings (SSSR count). The fourth-order valence-electron chi connectivity index (χ4n) is 1.79. The second kappa shape index (κ2) is 6.54. The first-order valence-electron chi connectivity index (χ1n) is 6.27. The maximum absolute atomic E-state index is 12.5. The van der Waals surface area contributed by atoms with E-state index in [0.717, 1.165) is 23.4 Å². The third kappa shape index (κ3) is 4.35. The monoisotopic (exact) mass is 344 g/mol. The predicted octanol–water partition coefficient (Wildman–Crippen LogP) is 5.48. The van der Waals surface area contributed by atoms with Gasteiger partial charge in [0.05, 0.1) is 5.56 Å². The summed E-state index contributed by atoms with van der Waals surface area (Å²) in [6.45, 7) is 1.87. The van der Waals surface area contributed by atoms with Gasteiger partial charge >= 0.3 is 6.18 Å². The minimum absolute atomic E-state index is 0.283. The molecule has 0 saturated heterocycles. The number of benzene rings is 2. The minimum Gasteiger partial charge on any atom is -0.332 e. The molecule has 0 spiro atoms. The molecule has 0 atom stereocenters. The van der Waals surface area contributed by atoms with E-state index < -0.39 is 11.7 Å². The van der Waals surface area contributed by atoms with Crippen LogP contribution in [-0.4, -0.2) is 5.11 Å². The summed E-state index contributed by atoms with van der Waals surface area (Å²) in [5, 5.41) is 6.70. The van der Waals surface area contributed by atoms with Gasteiger partial charge in [-0.3, -0.25) is 0 Å². The Morgan fingerprint density at radius 1 is 1.05 bits per heavy atom. The van der Waals surface area contributed by atoms with Gasteiger partial charge in [-0.25, -0.2) is 0 Å². The standard InChI is InChI=1S/C15H12ClF3N2S/c1-9-8-11(16)4-7-13(9)21-14(22)20-12-5-2-10(3-6-12)15(17,18)19/h2-8H,1H3,(H2,20,21,22). The Labute approximate surface area is 136 Å². The molecule has 0 fully saturated rings. The molecule has 0 aromatic heterocycles. The van der Waals surface area contributed by atoms with Crippen LogP contribution in [0.3, 0.4) is 0 Å². The lowest BCUT2D eigenvalue weighted by Crippen LogP contribution is -2.19. The van der Waals surface area contributed by atoms with Crippen molar-refractivity contribution in [2.75, 3.05) is 10.6 Å². The quantitative estimate of drug-likeness (QED) is 0.706. The first-order valence-corrected chi connectivity index (χ1v) is 7.06. The highest BCUT2D eigenvalue weighted by molar-refractivity contribution is 7.80. The average molecular weight is 345 g/mol. The molecule has 2 nitrogen and oxygen atoms in total. The molecule has 116 valence electrons. The highest BCUT2D eigenvalue weighted by Gasteiger charge is 2.29. The van der Waals surface area contributed by atoms with E-state index in [1.165, 1.54) is 12.1 Å². The summed E-state index contributed by atoms with van der Waals surface area (Å²) in [6.07, 6.45) is -4.35. The summed E-state index contributed by atoms with van der Waals surface area (Å²) >= 11 is 11.0. The molecule has 2 aromatic carbocycles. The fourth-order valence-corrected chi connectivity index (χ4v) is 2.25. The largest absolute Gasteiger partial charge is 0.416 e. The zero-order chi connectivity index (χ0) is 16.3. The van der Waals surface area contributed by atoms with Crippen molar-refractivity contribution in [3.8, 4) is 0 Å². The van der Waals surface area contributed by atoms with Gasteiger partial charge in [-0.1, -0.05) is 11.6 Å². The second-order valence-corrected chi connectivity index (χ2v) is 5.46. The molecule has 0 aliphatic rings. The Balaban J connectivity index is 2.03. The smallest absolute Gasteiger partial charge is 0.332 e. The van der Waals surface area contributed by atoms with Crippen molar-refractivity contribution < 1.29 is 13.2 Å². The van der Waals surface area contributed by atoms with Crippen LogP contribution in [0.25, 0.3) is 0 Å². The average Bonchev–Trinajstić information content (AvgIpc) is 2.41.